The Balaban J connectivity index is 0.000000472. The van der Waals surface area contributed by atoms with E-state index in [1.807, 2.05) is 35.6 Å². The number of hydrogen-bond donors (Lipinski definition) is 4. The van der Waals surface area contributed by atoms with Gasteiger partial charge in [0.25, 0.3) is 0 Å². The third-order valence-electron chi connectivity index (χ3n) is 2.44. The molecule has 0 amide bonds. The molecule has 0 saturated carbocycles. The van der Waals surface area contributed by atoms with Crippen LogP contribution in [0.15, 0.2) is 42.5 Å². The van der Waals surface area contributed by atoms with Gasteiger partial charge in [0.2, 0.25) is 0 Å². The van der Waals surface area contributed by atoms with Crippen molar-refractivity contribution in [3.05, 3.63) is 48.0 Å². The number of carboxylic acid groups (broad SMARTS) is 2. The maximum Gasteiger partial charge on any atom is 0.328 e. The quantitative estimate of drug-likeness (QED) is 0.432. The van der Waals surface area contributed by atoms with Crippen molar-refractivity contribution < 1.29 is 35.3 Å². The summed E-state index contributed by atoms with van der Waals surface area (Å²) in [4.78, 5) is 19.0. The average molecular weight is 311 g/mol. The molecule has 7 heteroatoms. The van der Waals surface area contributed by atoms with E-state index in [0.717, 1.165) is 5.56 Å². The van der Waals surface area contributed by atoms with Crippen LogP contribution in [0.4, 0.5) is 0 Å². The summed E-state index contributed by atoms with van der Waals surface area (Å²) in [5, 5.41) is 37.9. The number of carboxylic acids is 2. The van der Waals surface area contributed by atoms with Crippen molar-refractivity contribution in [2.75, 3.05) is 13.1 Å². The Morgan fingerprint density at radius 3 is 2.18 bits per heavy atom. The van der Waals surface area contributed by atoms with E-state index in [1.165, 1.54) is 0 Å². The molecule has 0 aliphatic rings. The fourth-order valence-electron chi connectivity index (χ4n) is 1.45. The van der Waals surface area contributed by atoms with Gasteiger partial charge in [-0.05, 0) is 18.6 Å². The molecule has 5 N–H and O–H groups in total. The van der Waals surface area contributed by atoms with Crippen LogP contribution in [0.3, 0.4) is 0 Å². The van der Waals surface area contributed by atoms with Crippen molar-refractivity contribution >= 4 is 11.9 Å². The molecule has 0 radical (unpaired) electrons. The summed E-state index contributed by atoms with van der Waals surface area (Å²) in [5.74, 6) is -2.80. The standard InChI is InChI=1S/C11H17NO2.C4H4O4/c1-9(13)7-12-8-11(14)10-5-3-2-4-6-10;5-3(6)1-2-4(7)8/h2-6,9,11-14H,7-8H2,1H3;1-2H,(H,5,6)(H,7,8)/b;2-1+. The second-order valence-electron chi connectivity index (χ2n) is 4.53. The number of nitrogens with two attached hydrogens (primary N) is 1. The SMILES string of the molecule is CC(O)C[NH2+]CC(O)c1ccccc1.O=C([O-])/C=C/C(=O)O. The summed E-state index contributed by atoms with van der Waals surface area (Å²) in [6.45, 7) is 2.96. The lowest BCUT2D eigenvalue weighted by Gasteiger charge is -2.10. The summed E-state index contributed by atoms with van der Waals surface area (Å²) >= 11 is 0. The van der Waals surface area contributed by atoms with Gasteiger partial charge >= 0.3 is 5.97 Å². The van der Waals surface area contributed by atoms with Crippen molar-refractivity contribution in [1.29, 1.82) is 0 Å². The summed E-state index contributed by atoms with van der Waals surface area (Å²) in [7, 11) is 0. The first kappa shape index (κ1) is 19.8. The summed E-state index contributed by atoms with van der Waals surface area (Å²) in [6, 6.07) is 9.55. The molecule has 1 rings (SSSR count). The molecule has 1 aromatic rings. The van der Waals surface area contributed by atoms with Gasteiger partial charge in [0.15, 0.2) is 0 Å². The number of rotatable bonds is 7. The van der Waals surface area contributed by atoms with Crippen LogP contribution in [0.25, 0.3) is 0 Å². The minimum Gasteiger partial charge on any atom is -0.545 e. The van der Waals surface area contributed by atoms with Crippen molar-refractivity contribution in [2.24, 2.45) is 0 Å². The maximum atomic E-state index is 9.72. The van der Waals surface area contributed by atoms with Crippen molar-refractivity contribution in [3.8, 4) is 0 Å². The highest BCUT2D eigenvalue weighted by Gasteiger charge is 2.08. The summed E-state index contributed by atoms with van der Waals surface area (Å²) in [6.07, 6.45) is 0.172. The normalized spacial score (nSPS) is 13.0. The first-order valence-electron chi connectivity index (χ1n) is 6.67. The average Bonchev–Trinajstić information content (AvgIpc) is 2.46. The Kier molecular flexibility index (Phi) is 10.3. The lowest BCUT2D eigenvalue weighted by Crippen LogP contribution is -2.87. The van der Waals surface area contributed by atoms with Gasteiger partial charge in [-0.1, -0.05) is 30.3 Å². The molecular weight excluding hydrogens is 290 g/mol. The largest absolute Gasteiger partial charge is 0.545 e. The lowest BCUT2D eigenvalue weighted by molar-refractivity contribution is -0.667. The minimum atomic E-state index is -1.51. The number of quaternary nitrogens is 1. The number of aliphatic carboxylic acids is 2. The Morgan fingerprint density at radius 2 is 1.77 bits per heavy atom. The van der Waals surface area contributed by atoms with E-state index < -0.39 is 18.0 Å². The van der Waals surface area contributed by atoms with Crippen molar-refractivity contribution in [3.63, 3.8) is 0 Å². The highest BCUT2D eigenvalue weighted by atomic mass is 16.4. The first-order chi connectivity index (χ1) is 10.3. The van der Waals surface area contributed by atoms with Gasteiger partial charge < -0.3 is 30.5 Å². The molecular formula is C15H21NO6. The fraction of sp³-hybridized carbons (Fsp3) is 0.333. The first-order valence-corrected chi connectivity index (χ1v) is 6.67. The number of hydrogen-bond acceptors (Lipinski definition) is 5. The van der Waals surface area contributed by atoms with Crippen molar-refractivity contribution in [1.82, 2.24) is 0 Å². The monoisotopic (exact) mass is 311 g/mol. The molecule has 0 saturated heterocycles. The molecule has 122 valence electrons. The topological polar surface area (TPSA) is 134 Å². The number of carbonyl (C=O) groups excluding carboxylic acids is 1. The molecule has 0 spiro atoms. The van der Waals surface area contributed by atoms with Crippen LogP contribution < -0.4 is 10.4 Å². The number of aliphatic hydroxyl groups excluding tert-OH is 2. The zero-order chi connectivity index (χ0) is 17.0. The zero-order valence-electron chi connectivity index (χ0n) is 12.3. The molecule has 1 aromatic carbocycles. The zero-order valence-corrected chi connectivity index (χ0v) is 12.3. The minimum absolute atomic E-state index is 0.321. The molecule has 0 aliphatic heterocycles. The van der Waals surface area contributed by atoms with Crippen molar-refractivity contribution in [2.45, 2.75) is 19.1 Å². The van der Waals surface area contributed by atoms with E-state index in [2.05, 4.69) is 0 Å². The molecule has 0 aliphatic carbocycles. The third-order valence-corrected chi connectivity index (χ3v) is 2.44. The number of aliphatic hydroxyl groups is 2. The van der Waals surface area contributed by atoms with Gasteiger partial charge in [0.1, 0.15) is 19.2 Å². The third kappa shape index (κ3) is 11.6. The van der Waals surface area contributed by atoms with E-state index in [-0.39, 0.29) is 6.10 Å². The molecule has 0 heterocycles. The Hall–Kier alpha value is -2.22. The van der Waals surface area contributed by atoms with Gasteiger partial charge in [-0.2, -0.15) is 0 Å². The van der Waals surface area contributed by atoms with Gasteiger partial charge in [0.05, 0.1) is 12.1 Å². The molecule has 2 unspecified atom stereocenters. The van der Waals surface area contributed by atoms with Crippen LogP contribution in [0, 0.1) is 0 Å². The highest BCUT2D eigenvalue weighted by molar-refractivity contribution is 5.88. The van der Waals surface area contributed by atoms with E-state index in [9.17, 15) is 19.8 Å². The van der Waals surface area contributed by atoms with Gasteiger partial charge in [-0.25, -0.2) is 4.79 Å². The second kappa shape index (κ2) is 11.4. The molecule has 0 fully saturated rings. The Labute approximate surface area is 128 Å². The summed E-state index contributed by atoms with van der Waals surface area (Å²) in [5.41, 5.74) is 0.925. The molecule has 2 atom stereocenters. The van der Waals surface area contributed by atoms with E-state index in [1.54, 1.807) is 6.92 Å². The van der Waals surface area contributed by atoms with Crippen LogP contribution in [0.1, 0.15) is 18.6 Å². The van der Waals surface area contributed by atoms with Crippen LogP contribution in [0.2, 0.25) is 0 Å². The highest BCUT2D eigenvalue weighted by Crippen LogP contribution is 2.08. The van der Waals surface area contributed by atoms with E-state index >= 15 is 0 Å². The number of benzene rings is 1. The Morgan fingerprint density at radius 1 is 1.18 bits per heavy atom. The van der Waals surface area contributed by atoms with Crippen LogP contribution in [-0.2, 0) is 9.59 Å². The molecule has 7 nitrogen and oxygen atoms in total. The van der Waals surface area contributed by atoms with Gasteiger partial charge in [-0.3, -0.25) is 0 Å². The smallest absolute Gasteiger partial charge is 0.328 e. The Bertz CT molecular complexity index is 456. The molecule has 0 aromatic heterocycles. The maximum absolute atomic E-state index is 9.72. The predicted octanol–water partition coefficient (Wildman–Crippen LogP) is -1.96. The lowest BCUT2D eigenvalue weighted by atomic mass is 10.1. The van der Waals surface area contributed by atoms with E-state index in [0.29, 0.717) is 25.2 Å². The second-order valence-corrected chi connectivity index (χ2v) is 4.53. The predicted molar refractivity (Wildman–Crippen MR) is 76.5 cm³/mol. The van der Waals surface area contributed by atoms with Crippen LogP contribution >= 0.6 is 0 Å². The van der Waals surface area contributed by atoms with Crippen LogP contribution in [0.5, 0.6) is 0 Å². The molecule has 0 bridgehead atoms. The fourth-order valence-corrected chi connectivity index (χ4v) is 1.45. The summed E-state index contributed by atoms with van der Waals surface area (Å²) < 4.78 is 0. The van der Waals surface area contributed by atoms with Crippen LogP contribution in [-0.4, -0.2) is 46.5 Å². The number of carbonyl (C=O) groups is 2. The van der Waals surface area contributed by atoms with Gasteiger partial charge in [0, 0.05) is 6.08 Å². The van der Waals surface area contributed by atoms with Gasteiger partial charge in [-0.15, -0.1) is 0 Å². The molecule has 22 heavy (non-hydrogen) atoms. The van der Waals surface area contributed by atoms with E-state index in [4.69, 9.17) is 10.2 Å².